The maximum absolute atomic E-state index is 10.9. The van der Waals surface area contributed by atoms with Crippen molar-refractivity contribution in [3.8, 4) is 0 Å². The van der Waals surface area contributed by atoms with Crippen molar-refractivity contribution < 1.29 is 4.21 Å². The Morgan fingerprint density at radius 3 is 3.06 bits per heavy atom. The maximum atomic E-state index is 10.9. The van der Waals surface area contributed by atoms with Gasteiger partial charge in [0.25, 0.3) is 0 Å². The molecule has 6 heteroatoms. The highest BCUT2D eigenvalue weighted by Crippen LogP contribution is 2.11. The fraction of sp³-hybridized carbons (Fsp3) is 0.400. The Bertz CT molecular complexity index is 395. The van der Waals surface area contributed by atoms with Crippen LogP contribution in [0.15, 0.2) is 18.3 Å². The normalized spacial score (nSPS) is 12.1. The molecular weight excluding hydrogens is 242 g/mol. The summed E-state index contributed by atoms with van der Waals surface area (Å²) in [5, 5.41) is 3.19. The van der Waals surface area contributed by atoms with Crippen LogP contribution >= 0.6 is 12.2 Å². The predicted molar refractivity (Wildman–Crippen MR) is 72.2 cm³/mol. The van der Waals surface area contributed by atoms with E-state index in [9.17, 15) is 4.21 Å². The second-order valence-corrected chi connectivity index (χ2v) is 5.32. The van der Waals surface area contributed by atoms with Crippen LogP contribution in [-0.4, -0.2) is 32.7 Å². The molecule has 0 aromatic carbocycles. The fourth-order valence-corrected chi connectivity index (χ4v) is 1.96. The van der Waals surface area contributed by atoms with E-state index < -0.39 is 10.8 Å². The van der Waals surface area contributed by atoms with E-state index in [0.29, 0.717) is 11.4 Å². The van der Waals surface area contributed by atoms with Gasteiger partial charge in [-0.15, -0.1) is 0 Å². The van der Waals surface area contributed by atoms with Crippen LogP contribution in [0.5, 0.6) is 0 Å². The van der Waals surface area contributed by atoms with Crippen molar-refractivity contribution in [3.05, 3.63) is 24.0 Å². The Balaban J connectivity index is 2.53. The zero-order valence-corrected chi connectivity index (χ0v) is 10.7. The molecule has 1 atom stereocenters. The van der Waals surface area contributed by atoms with Crippen LogP contribution in [0, 0.1) is 0 Å². The van der Waals surface area contributed by atoms with E-state index in [1.807, 2.05) is 12.1 Å². The summed E-state index contributed by atoms with van der Waals surface area (Å²) in [6.45, 7) is 0.737. The van der Waals surface area contributed by atoms with Crippen molar-refractivity contribution in [1.82, 2.24) is 4.98 Å². The minimum Gasteiger partial charge on any atom is -0.388 e. The van der Waals surface area contributed by atoms with Gasteiger partial charge >= 0.3 is 0 Å². The lowest BCUT2D eigenvalue weighted by Crippen LogP contribution is -2.16. The Kier molecular flexibility index (Phi) is 5.34. The van der Waals surface area contributed by atoms with Crippen LogP contribution in [-0.2, 0) is 10.8 Å². The van der Waals surface area contributed by atoms with Gasteiger partial charge in [0.05, 0.1) is 5.69 Å². The van der Waals surface area contributed by atoms with Crippen LogP contribution in [0.4, 0.5) is 5.69 Å². The first-order chi connectivity index (χ1) is 7.61. The Morgan fingerprint density at radius 2 is 2.44 bits per heavy atom. The van der Waals surface area contributed by atoms with E-state index >= 15 is 0 Å². The number of aromatic nitrogens is 1. The largest absolute Gasteiger partial charge is 0.388 e. The quantitative estimate of drug-likeness (QED) is 0.585. The van der Waals surface area contributed by atoms with Gasteiger partial charge in [-0.2, -0.15) is 0 Å². The van der Waals surface area contributed by atoms with Gasteiger partial charge in [-0.25, -0.2) is 0 Å². The molecular formula is C10H15N3OS2. The molecule has 0 radical (unpaired) electrons. The van der Waals surface area contributed by atoms with Gasteiger partial charge in [-0.1, -0.05) is 12.2 Å². The minimum atomic E-state index is -0.744. The topological polar surface area (TPSA) is 68.0 Å². The molecule has 1 rings (SSSR count). The maximum Gasteiger partial charge on any atom is 0.124 e. The van der Waals surface area contributed by atoms with Crippen LogP contribution in [0.1, 0.15) is 12.1 Å². The van der Waals surface area contributed by atoms with Gasteiger partial charge in [0.1, 0.15) is 10.7 Å². The van der Waals surface area contributed by atoms with Gasteiger partial charge in [0, 0.05) is 35.5 Å². The zero-order valence-electron chi connectivity index (χ0n) is 9.10. The standard InChI is InChI=1S/C10H15N3OS2/c1-16(14)7-3-6-12-8-4-2-5-13-9(8)10(11)15/h2,4-5,12H,3,6-7H2,1H3,(H2,11,15). The van der Waals surface area contributed by atoms with E-state index in [1.54, 1.807) is 12.5 Å². The third kappa shape index (κ3) is 4.24. The molecule has 0 fully saturated rings. The summed E-state index contributed by atoms with van der Waals surface area (Å²) in [5.74, 6) is 0.690. The molecule has 1 heterocycles. The number of thiocarbonyl (C=S) groups is 1. The smallest absolute Gasteiger partial charge is 0.124 e. The van der Waals surface area contributed by atoms with Crippen molar-refractivity contribution in [1.29, 1.82) is 0 Å². The lowest BCUT2D eigenvalue weighted by atomic mass is 10.3. The third-order valence-corrected chi connectivity index (χ3v) is 3.02. The molecule has 0 aliphatic carbocycles. The van der Waals surface area contributed by atoms with Crippen molar-refractivity contribution >= 4 is 33.7 Å². The van der Waals surface area contributed by atoms with E-state index in [0.717, 1.165) is 18.7 Å². The number of rotatable bonds is 6. The molecule has 16 heavy (non-hydrogen) atoms. The molecule has 0 amide bonds. The average Bonchev–Trinajstić information content (AvgIpc) is 2.24. The summed E-state index contributed by atoms with van der Waals surface area (Å²) in [4.78, 5) is 4.38. The summed E-state index contributed by atoms with van der Waals surface area (Å²) in [5.41, 5.74) is 6.98. The number of pyridine rings is 1. The molecule has 1 unspecified atom stereocenters. The van der Waals surface area contributed by atoms with Crippen molar-refractivity contribution in [2.24, 2.45) is 5.73 Å². The average molecular weight is 257 g/mol. The fourth-order valence-electron chi connectivity index (χ4n) is 1.24. The van der Waals surface area contributed by atoms with Crippen LogP contribution < -0.4 is 11.1 Å². The van der Waals surface area contributed by atoms with Gasteiger partial charge in [-0.3, -0.25) is 9.19 Å². The summed E-state index contributed by atoms with van der Waals surface area (Å²) in [7, 11) is -0.744. The number of anilines is 1. The SMILES string of the molecule is CS(=O)CCCNc1cccnc1C(N)=S. The molecule has 1 aromatic heterocycles. The first kappa shape index (κ1) is 13.1. The summed E-state index contributed by atoms with van der Waals surface area (Å²) in [6.07, 6.45) is 4.19. The third-order valence-electron chi connectivity index (χ3n) is 1.97. The van der Waals surface area contributed by atoms with Gasteiger partial charge in [-0.05, 0) is 18.6 Å². The number of hydrogen-bond acceptors (Lipinski definition) is 4. The summed E-state index contributed by atoms with van der Waals surface area (Å²) < 4.78 is 10.9. The van der Waals surface area contributed by atoms with Crippen LogP contribution in [0.3, 0.4) is 0 Å². The number of nitrogens with one attached hydrogen (secondary N) is 1. The van der Waals surface area contributed by atoms with Crippen LogP contribution in [0.25, 0.3) is 0 Å². The molecule has 0 aliphatic heterocycles. The Hall–Kier alpha value is -1.01. The van der Waals surface area contributed by atoms with Crippen molar-refractivity contribution in [3.63, 3.8) is 0 Å². The summed E-state index contributed by atoms with van der Waals surface area (Å²) >= 11 is 4.90. The first-order valence-corrected chi connectivity index (χ1v) is 7.03. The minimum absolute atomic E-state index is 0.280. The molecule has 0 spiro atoms. The van der Waals surface area contributed by atoms with Crippen molar-refractivity contribution in [2.75, 3.05) is 23.9 Å². The number of nitrogens with zero attached hydrogens (tertiary/aromatic N) is 1. The van der Waals surface area contributed by atoms with E-state index in [2.05, 4.69) is 10.3 Å². The van der Waals surface area contributed by atoms with E-state index in [1.165, 1.54) is 0 Å². The van der Waals surface area contributed by atoms with Crippen molar-refractivity contribution in [2.45, 2.75) is 6.42 Å². The summed E-state index contributed by atoms with van der Waals surface area (Å²) in [6, 6.07) is 3.70. The highest BCUT2D eigenvalue weighted by Gasteiger charge is 2.04. The predicted octanol–water partition coefficient (Wildman–Crippen LogP) is 0.896. The molecule has 0 saturated carbocycles. The van der Waals surface area contributed by atoms with E-state index in [4.69, 9.17) is 18.0 Å². The second kappa shape index (κ2) is 6.55. The second-order valence-electron chi connectivity index (χ2n) is 3.32. The molecule has 3 N–H and O–H groups in total. The molecule has 0 aliphatic rings. The Morgan fingerprint density at radius 1 is 1.69 bits per heavy atom. The zero-order chi connectivity index (χ0) is 12.0. The lowest BCUT2D eigenvalue weighted by molar-refractivity contribution is 0.685. The molecule has 88 valence electrons. The number of nitrogens with two attached hydrogens (primary N) is 1. The molecule has 1 aromatic rings. The van der Waals surface area contributed by atoms with E-state index in [-0.39, 0.29) is 4.99 Å². The highest BCUT2D eigenvalue weighted by molar-refractivity contribution is 7.84. The number of hydrogen-bond donors (Lipinski definition) is 2. The van der Waals surface area contributed by atoms with Gasteiger partial charge < -0.3 is 11.1 Å². The van der Waals surface area contributed by atoms with Gasteiger partial charge in [0.15, 0.2) is 0 Å². The monoisotopic (exact) mass is 257 g/mol. The first-order valence-electron chi connectivity index (χ1n) is 4.90. The highest BCUT2D eigenvalue weighted by atomic mass is 32.2. The lowest BCUT2D eigenvalue weighted by Gasteiger charge is -2.09. The molecule has 4 nitrogen and oxygen atoms in total. The Labute approximate surface area is 103 Å². The molecule has 0 saturated heterocycles. The molecule has 0 bridgehead atoms. The van der Waals surface area contributed by atoms with Gasteiger partial charge in [0.2, 0.25) is 0 Å². The van der Waals surface area contributed by atoms with Crippen LogP contribution in [0.2, 0.25) is 0 Å².